The van der Waals surface area contributed by atoms with Crippen molar-refractivity contribution in [1.82, 2.24) is 15.1 Å². The first-order valence-electron chi connectivity index (χ1n) is 6.26. The van der Waals surface area contributed by atoms with Gasteiger partial charge >= 0.3 is 0 Å². The Morgan fingerprint density at radius 3 is 2.59 bits per heavy atom. The molecule has 0 aliphatic heterocycles. The van der Waals surface area contributed by atoms with E-state index in [4.69, 9.17) is 5.73 Å². The van der Waals surface area contributed by atoms with Crippen LogP contribution in [0, 0.1) is 0 Å². The molecule has 1 heterocycles. The second-order valence-corrected chi connectivity index (χ2v) is 4.76. The van der Waals surface area contributed by atoms with Gasteiger partial charge in [0.05, 0.1) is 6.20 Å². The molecule has 1 aliphatic rings. The van der Waals surface area contributed by atoms with Crippen molar-refractivity contribution < 1.29 is 4.79 Å². The summed E-state index contributed by atoms with van der Waals surface area (Å²) in [6.07, 6.45) is 8.69. The fourth-order valence-corrected chi connectivity index (χ4v) is 2.47. The Labute approximate surface area is 101 Å². The first-order valence-corrected chi connectivity index (χ1v) is 6.26. The molecule has 17 heavy (non-hydrogen) atoms. The maximum absolute atomic E-state index is 12.2. The predicted molar refractivity (Wildman–Crippen MR) is 66.6 cm³/mol. The molecule has 0 radical (unpaired) electrons. The lowest BCUT2D eigenvalue weighted by atomic mass is 10.1. The van der Waals surface area contributed by atoms with Crippen LogP contribution < -0.4 is 5.73 Å². The highest BCUT2D eigenvalue weighted by Crippen LogP contribution is 2.22. The molecule has 1 aromatic heterocycles. The van der Waals surface area contributed by atoms with Gasteiger partial charge in [-0.1, -0.05) is 25.7 Å². The van der Waals surface area contributed by atoms with E-state index >= 15 is 0 Å². The summed E-state index contributed by atoms with van der Waals surface area (Å²) >= 11 is 0. The Morgan fingerprint density at radius 2 is 2.06 bits per heavy atom. The molecule has 0 atom stereocenters. The number of anilines is 1. The van der Waals surface area contributed by atoms with E-state index in [1.165, 1.54) is 31.9 Å². The first-order chi connectivity index (χ1) is 8.20. The van der Waals surface area contributed by atoms with E-state index in [1.807, 2.05) is 11.9 Å². The summed E-state index contributed by atoms with van der Waals surface area (Å²) in [4.78, 5) is 14.0. The van der Waals surface area contributed by atoms with Crippen LogP contribution in [0.5, 0.6) is 0 Å². The molecule has 1 fully saturated rings. The lowest BCUT2D eigenvalue weighted by molar-refractivity contribution is 0.0719. The summed E-state index contributed by atoms with van der Waals surface area (Å²) in [5.74, 6) is 0.332. The Kier molecular flexibility index (Phi) is 3.66. The van der Waals surface area contributed by atoms with E-state index in [0.717, 1.165) is 12.8 Å². The Hall–Kier alpha value is -1.52. The topological polar surface area (TPSA) is 75.0 Å². The minimum absolute atomic E-state index is 0.0249. The summed E-state index contributed by atoms with van der Waals surface area (Å²) in [6, 6.07) is 0.347. The zero-order valence-corrected chi connectivity index (χ0v) is 10.3. The van der Waals surface area contributed by atoms with Gasteiger partial charge in [0.2, 0.25) is 0 Å². The number of nitrogens with zero attached hydrogens (tertiary/aromatic N) is 2. The van der Waals surface area contributed by atoms with E-state index in [0.29, 0.717) is 17.4 Å². The van der Waals surface area contributed by atoms with Crippen LogP contribution in [0.2, 0.25) is 0 Å². The highest BCUT2D eigenvalue weighted by Gasteiger charge is 2.24. The SMILES string of the molecule is CN(C(=O)c1cn[nH]c1N)C1CCCCCC1. The number of H-pyrrole nitrogens is 1. The lowest BCUT2D eigenvalue weighted by Gasteiger charge is -2.26. The van der Waals surface area contributed by atoms with Gasteiger partial charge in [-0.2, -0.15) is 5.10 Å². The maximum Gasteiger partial charge on any atom is 0.259 e. The van der Waals surface area contributed by atoms with Crippen molar-refractivity contribution in [3.8, 4) is 0 Å². The normalized spacial score (nSPS) is 17.7. The summed E-state index contributed by atoms with van der Waals surface area (Å²) in [5, 5.41) is 6.39. The molecular weight excluding hydrogens is 216 g/mol. The van der Waals surface area contributed by atoms with Gasteiger partial charge in [-0.05, 0) is 12.8 Å². The van der Waals surface area contributed by atoms with Crippen molar-refractivity contribution in [1.29, 1.82) is 0 Å². The van der Waals surface area contributed by atoms with Crippen molar-refractivity contribution in [2.75, 3.05) is 12.8 Å². The molecule has 0 unspecified atom stereocenters. The van der Waals surface area contributed by atoms with Gasteiger partial charge in [0, 0.05) is 13.1 Å². The molecule has 0 bridgehead atoms. The molecular formula is C12H20N4O. The first kappa shape index (κ1) is 12.0. The Bertz CT molecular complexity index is 380. The smallest absolute Gasteiger partial charge is 0.259 e. The van der Waals surface area contributed by atoms with Gasteiger partial charge in [0.25, 0.3) is 5.91 Å². The second kappa shape index (κ2) is 5.21. The van der Waals surface area contributed by atoms with Gasteiger partial charge in [-0.3, -0.25) is 9.89 Å². The molecule has 1 aromatic rings. The predicted octanol–water partition coefficient (Wildman–Crippen LogP) is 1.79. The van der Waals surface area contributed by atoms with E-state index < -0.39 is 0 Å². The molecule has 1 aliphatic carbocycles. The Balaban J connectivity index is 2.06. The van der Waals surface area contributed by atoms with Gasteiger partial charge < -0.3 is 10.6 Å². The minimum Gasteiger partial charge on any atom is -0.383 e. The van der Waals surface area contributed by atoms with Crippen molar-refractivity contribution in [2.24, 2.45) is 0 Å². The van der Waals surface area contributed by atoms with Gasteiger partial charge in [0.1, 0.15) is 11.4 Å². The summed E-state index contributed by atoms with van der Waals surface area (Å²) in [7, 11) is 1.87. The highest BCUT2D eigenvalue weighted by molar-refractivity contribution is 5.98. The fourth-order valence-electron chi connectivity index (χ4n) is 2.47. The molecule has 0 aromatic carbocycles. The lowest BCUT2D eigenvalue weighted by Crippen LogP contribution is -2.36. The average Bonchev–Trinajstić information content (AvgIpc) is 2.60. The van der Waals surface area contributed by atoms with Crippen molar-refractivity contribution in [3.63, 3.8) is 0 Å². The summed E-state index contributed by atoms with van der Waals surface area (Å²) < 4.78 is 0. The van der Waals surface area contributed by atoms with Crippen LogP contribution in [0.3, 0.4) is 0 Å². The van der Waals surface area contributed by atoms with Crippen LogP contribution in [0.25, 0.3) is 0 Å². The van der Waals surface area contributed by atoms with Crippen LogP contribution >= 0.6 is 0 Å². The van der Waals surface area contributed by atoms with E-state index in [-0.39, 0.29) is 5.91 Å². The monoisotopic (exact) mass is 236 g/mol. The third kappa shape index (κ3) is 2.60. The van der Waals surface area contributed by atoms with Crippen molar-refractivity contribution in [2.45, 2.75) is 44.6 Å². The van der Waals surface area contributed by atoms with E-state index in [1.54, 1.807) is 0 Å². The number of nitrogen functional groups attached to an aromatic ring is 1. The van der Waals surface area contributed by atoms with Crippen LogP contribution in [0.1, 0.15) is 48.9 Å². The van der Waals surface area contributed by atoms with Gasteiger partial charge in [0.15, 0.2) is 0 Å². The number of carbonyl (C=O) groups excluding carboxylic acids is 1. The molecule has 0 spiro atoms. The molecule has 5 nitrogen and oxygen atoms in total. The van der Waals surface area contributed by atoms with E-state index in [2.05, 4.69) is 10.2 Å². The van der Waals surface area contributed by atoms with Gasteiger partial charge in [-0.25, -0.2) is 0 Å². The summed E-state index contributed by atoms with van der Waals surface area (Å²) in [5.41, 5.74) is 6.16. The van der Waals surface area contributed by atoms with Crippen LogP contribution in [-0.4, -0.2) is 34.1 Å². The number of nitrogens with one attached hydrogen (secondary N) is 1. The van der Waals surface area contributed by atoms with Crippen molar-refractivity contribution in [3.05, 3.63) is 11.8 Å². The molecule has 94 valence electrons. The third-order valence-corrected chi connectivity index (χ3v) is 3.59. The molecule has 2 rings (SSSR count). The molecule has 1 amide bonds. The number of nitrogens with two attached hydrogens (primary N) is 1. The standard InChI is InChI=1S/C12H20N4O/c1-16(9-6-4-2-3-5-7-9)12(17)10-8-14-15-11(10)13/h8-9H,2-7H2,1H3,(H3,13,14,15). The number of rotatable bonds is 2. The second-order valence-electron chi connectivity index (χ2n) is 4.76. The van der Waals surface area contributed by atoms with Crippen LogP contribution in [0.15, 0.2) is 6.20 Å². The van der Waals surface area contributed by atoms with Crippen LogP contribution in [0.4, 0.5) is 5.82 Å². The largest absolute Gasteiger partial charge is 0.383 e. The molecule has 0 saturated heterocycles. The number of hydrogen-bond acceptors (Lipinski definition) is 3. The third-order valence-electron chi connectivity index (χ3n) is 3.59. The molecule has 5 heteroatoms. The van der Waals surface area contributed by atoms with E-state index in [9.17, 15) is 4.79 Å². The zero-order chi connectivity index (χ0) is 12.3. The maximum atomic E-state index is 12.2. The number of aromatic nitrogens is 2. The quantitative estimate of drug-likeness (QED) is 0.769. The number of amides is 1. The fraction of sp³-hybridized carbons (Fsp3) is 0.667. The molecule has 1 saturated carbocycles. The molecule has 3 N–H and O–H groups in total. The summed E-state index contributed by atoms with van der Waals surface area (Å²) in [6.45, 7) is 0. The van der Waals surface area contributed by atoms with Crippen LogP contribution in [-0.2, 0) is 0 Å². The Morgan fingerprint density at radius 1 is 1.41 bits per heavy atom. The van der Waals surface area contributed by atoms with Crippen molar-refractivity contribution >= 4 is 11.7 Å². The number of hydrogen-bond donors (Lipinski definition) is 2. The zero-order valence-electron chi connectivity index (χ0n) is 10.3. The highest BCUT2D eigenvalue weighted by atomic mass is 16.2. The van der Waals surface area contributed by atoms with Gasteiger partial charge in [-0.15, -0.1) is 0 Å². The average molecular weight is 236 g/mol. The minimum atomic E-state index is -0.0249. The number of carbonyl (C=O) groups is 1. The number of aromatic amines is 1.